The maximum Gasteiger partial charge on any atom is 0.407 e. The molecule has 0 bridgehead atoms. The highest BCUT2D eigenvalue weighted by Crippen LogP contribution is 2.24. The first kappa shape index (κ1) is 18.2. The molecule has 1 amide bonds. The summed E-state index contributed by atoms with van der Waals surface area (Å²) in [6.07, 6.45) is 4.15. The first-order chi connectivity index (χ1) is 11.3. The molecule has 2 rings (SSSR count). The van der Waals surface area contributed by atoms with Crippen molar-refractivity contribution in [3.63, 3.8) is 0 Å². The van der Waals surface area contributed by atoms with E-state index in [-0.39, 0.29) is 6.04 Å². The molecule has 0 unspecified atom stereocenters. The molecule has 1 aliphatic rings. The van der Waals surface area contributed by atoms with Crippen LogP contribution in [-0.4, -0.2) is 51.8 Å². The summed E-state index contributed by atoms with van der Waals surface area (Å²) >= 11 is 0. The van der Waals surface area contributed by atoms with E-state index < -0.39 is 23.7 Å². The Bertz CT molecular complexity index is 563. The van der Waals surface area contributed by atoms with E-state index in [4.69, 9.17) is 4.74 Å². The predicted molar refractivity (Wildman–Crippen MR) is 88.6 cm³/mol. The average molecular weight is 335 g/mol. The topological polar surface area (TPSA) is 91.8 Å². The molecule has 2 N–H and O–H groups in total. The zero-order chi connectivity index (χ0) is 17.7. The first-order valence-electron chi connectivity index (χ1n) is 8.12. The van der Waals surface area contributed by atoms with Crippen molar-refractivity contribution in [2.75, 3.05) is 13.1 Å². The van der Waals surface area contributed by atoms with E-state index in [9.17, 15) is 14.7 Å². The Balaban J connectivity index is 1.91. The highest BCUT2D eigenvalue weighted by molar-refractivity contribution is 5.75. The van der Waals surface area contributed by atoms with Crippen molar-refractivity contribution in [1.29, 1.82) is 0 Å². The number of carbonyl (C=O) groups excluding carboxylic acids is 1. The van der Waals surface area contributed by atoms with Crippen LogP contribution >= 0.6 is 0 Å². The molecule has 0 spiro atoms. The van der Waals surface area contributed by atoms with Crippen molar-refractivity contribution in [3.8, 4) is 0 Å². The SMILES string of the molecule is CC(C)(C)OC(=O)NC1CCN([C@H](C(=O)O)c2cccnc2)CC1. The third kappa shape index (κ3) is 5.19. The summed E-state index contributed by atoms with van der Waals surface area (Å²) in [4.78, 5) is 29.4. The number of aliphatic carboxylic acids is 1. The molecule has 1 fully saturated rings. The van der Waals surface area contributed by atoms with E-state index in [1.54, 1.807) is 24.5 Å². The molecular weight excluding hydrogens is 310 g/mol. The molecule has 0 aliphatic carbocycles. The summed E-state index contributed by atoms with van der Waals surface area (Å²) in [6, 6.07) is 2.81. The van der Waals surface area contributed by atoms with Crippen molar-refractivity contribution < 1.29 is 19.4 Å². The van der Waals surface area contributed by atoms with E-state index in [0.717, 1.165) is 0 Å². The maximum atomic E-state index is 11.8. The van der Waals surface area contributed by atoms with Crippen LogP contribution in [0.3, 0.4) is 0 Å². The van der Waals surface area contributed by atoms with Gasteiger partial charge in [0.05, 0.1) is 0 Å². The van der Waals surface area contributed by atoms with Crippen LogP contribution in [-0.2, 0) is 9.53 Å². The van der Waals surface area contributed by atoms with Crippen LogP contribution in [0.25, 0.3) is 0 Å². The van der Waals surface area contributed by atoms with E-state index in [1.807, 2.05) is 25.7 Å². The number of hydrogen-bond donors (Lipinski definition) is 2. The van der Waals surface area contributed by atoms with Gasteiger partial charge < -0.3 is 15.2 Å². The number of pyridine rings is 1. The van der Waals surface area contributed by atoms with Crippen molar-refractivity contribution in [2.24, 2.45) is 0 Å². The average Bonchev–Trinajstić information content (AvgIpc) is 2.48. The highest BCUT2D eigenvalue weighted by atomic mass is 16.6. The lowest BCUT2D eigenvalue weighted by atomic mass is 10.0. The lowest BCUT2D eigenvalue weighted by Crippen LogP contribution is -2.48. The minimum atomic E-state index is -0.887. The van der Waals surface area contributed by atoms with Gasteiger partial charge in [0.25, 0.3) is 0 Å². The zero-order valence-electron chi connectivity index (χ0n) is 14.4. The number of aromatic nitrogens is 1. The molecule has 1 aromatic heterocycles. The van der Waals surface area contributed by atoms with E-state index in [1.165, 1.54) is 0 Å². The first-order valence-corrected chi connectivity index (χ1v) is 8.12. The van der Waals surface area contributed by atoms with Gasteiger partial charge in [-0.15, -0.1) is 0 Å². The van der Waals surface area contributed by atoms with Crippen LogP contribution < -0.4 is 5.32 Å². The number of nitrogens with one attached hydrogen (secondary N) is 1. The van der Waals surface area contributed by atoms with Crippen molar-refractivity contribution in [2.45, 2.75) is 51.3 Å². The second-order valence-corrected chi connectivity index (χ2v) is 6.98. The van der Waals surface area contributed by atoms with Crippen LogP contribution in [0.1, 0.15) is 45.2 Å². The van der Waals surface area contributed by atoms with Crippen LogP contribution in [0.2, 0.25) is 0 Å². The lowest BCUT2D eigenvalue weighted by Gasteiger charge is -2.36. The second kappa shape index (κ2) is 7.61. The quantitative estimate of drug-likeness (QED) is 0.876. The summed E-state index contributed by atoms with van der Waals surface area (Å²) < 4.78 is 5.26. The summed E-state index contributed by atoms with van der Waals surface area (Å²) in [5.74, 6) is -0.887. The summed E-state index contributed by atoms with van der Waals surface area (Å²) in [5, 5.41) is 12.4. The van der Waals surface area contributed by atoms with Gasteiger partial charge in [-0.1, -0.05) is 6.07 Å². The monoisotopic (exact) mass is 335 g/mol. The Hall–Kier alpha value is -2.15. The summed E-state index contributed by atoms with van der Waals surface area (Å²) in [7, 11) is 0. The largest absolute Gasteiger partial charge is 0.480 e. The minimum Gasteiger partial charge on any atom is -0.480 e. The number of hydrogen-bond acceptors (Lipinski definition) is 5. The molecule has 0 radical (unpaired) electrons. The molecule has 24 heavy (non-hydrogen) atoms. The van der Waals surface area contributed by atoms with E-state index >= 15 is 0 Å². The summed E-state index contributed by atoms with van der Waals surface area (Å²) in [6.45, 7) is 6.64. The van der Waals surface area contributed by atoms with E-state index in [2.05, 4.69) is 10.3 Å². The van der Waals surface area contributed by atoms with Crippen molar-refractivity contribution in [3.05, 3.63) is 30.1 Å². The fraction of sp³-hybridized carbons (Fsp3) is 0.588. The molecule has 1 atom stereocenters. The van der Waals surface area contributed by atoms with Gasteiger partial charge in [0.2, 0.25) is 0 Å². The Morgan fingerprint density at radius 2 is 2.04 bits per heavy atom. The number of alkyl carbamates (subject to hydrolysis) is 1. The molecule has 1 aliphatic heterocycles. The number of rotatable bonds is 4. The number of carboxylic acid groups (broad SMARTS) is 1. The number of amides is 1. The Morgan fingerprint density at radius 1 is 1.38 bits per heavy atom. The fourth-order valence-corrected chi connectivity index (χ4v) is 2.82. The molecule has 7 nitrogen and oxygen atoms in total. The molecule has 132 valence electrons. The maximum absolute atomic E-state index is 11.8. The third-order valence-corrected chi connectivity index (χ3v) is 3.85. The predicted octanol–water partition coefficient (Wildman–Crippen LogP) is 2.20. The molecular formula is C17H25N3O4. The summed E-state index contributed by atoms with van der Waals surface area (Å²) in [5.41, 5.74) is 0.142. The number of carboxylic acids is 1. The molecule has 1 aromatic rings. The molecule has 1 saturated heterocycles. The Labute approximate surface area is 142 Å². The van der Waals surface area contributed by atoms with Gasteiger partial charge in [-0.3, -0.25) is 14.7 Å². The Kier molecular flexibility index (Phi) is 5.77. The van der Waals surface area contributed by atoms with Gasteiger partial charge in [0.1, 0.15) is 11.6 Å². The zero-order valence-corrected chi connectivity index (χ0v) is 14.4. The van der Waals surface area contributed by atoms with Crippen LogP contribution in [0, 0.1) is 0 Å². The van der Waals surface area contributed by atoms with Gasteiger partial charge in [-0.2, -0.15) is 0 Å². The molecule has 7 heteroatoms. The van der Waals surface area contributed by atoms with Gasteiger partial charge in [-0.05, 0) is 45.2 Å². The van der Waals surface area contributed by atoms with Crippen molar-refractivity contribution >= 4 is 12.1 Å². The number of nitrogens with zero attached hydrogens (tertiary/aromatic N) is 2. The number of carbonyl (C=O) groups is 2. The third-order valence-electron chi connectivity index (χ3n) is 3.85. The van der Waals surface area contributed by atoms with Crippen LogP contribution in [0.4, 0.5) is 4.79 Å². The number of piperidine rings is 1. The van der Waals surface area contributed by atoms with Gasteiger partial charge >= 0.3 is 12.1 Å². The normalized spacial score (nSPS) is 18.0. The molecule has 2 heterocycles. The van der Waals surface area contributed by atoms with Gasteiger partial charge in [-0.25, -0.2) is 4.79 Å². The standard InChI is InChI=1S/C17H25N3O4/c1-17(2,3)24-16(23)19-13-6-9-20(10-7-13)14(15(21)22)12-5-4-8-18-11-12/h4-5,8,11,13-14H,6-7,9-10H2,1-3H3,(H,19,23)(H,21,22)/t14-/m0/s1. The van der Waals surface area contributed by atoms with Gasteiger partial charge in [0, 0.05) is 31.5 Å². The van der Waals surface area contributed by atoms with E-state index in [0.29, 0.717) is 31.5 Å². The lowest BCUT2D eigenvalue weighted by molar-refractivity contribution is -0.144. The highest BCUT2D eigenvalue weighted by Gasteiger charge is 2.32. The minimum absolute atomic E-state index is 0.000516. The van der Waals surface area contributed by atoms with Crippen molar-refractivity contribution in [1.82, 2.24) is 15.2 Å². The fourth-order valence-electron chi connectivity index (χ4n) is 2.82. The van der Waals surface area contributed by atoms with Gasteiger partial charge in [0.15, 0.2) is 0 Å². The second-order valence-electron chi connectivity index (χ2n) is 6.98. The van der Waals surface area contributed by atoms with Crippen LogP contribution in [0.5, 0.6) is 0 Å². The number of likely N-dealkylation sites (tertiary alicyclic amines) is 1. The number of ether oxygens (including phenoxy) is 1. The smallest absolute Gasteiger partial charge is 0.407 e. The van der Waals surface area contributed by atoms with Crippen LogP contribution in [0.15, 0.2) is 24.5 Å². The molecule has 0 aromatic carbocycles. The molecule has 0 saturated carbocycles. The Morgan fingerprint density at radius 3 is 2.54 bits per heavy atom.